The van der Waals surface area contributed by atoms with E-state index in [1.165, 1.54) is 5.56 Å². The van der Waals surface area contributed by atoms with Crippen LogP contribution in [0, 0.1) is 13.8 Å². The van der Waals surface area contributed by atoms with Crippen molar-refractivity contribution in [1.29, 1.82) is 0 Å². The molecule has 1 aromatic heterocycles. The van der Waals surface area contributed by atoms with Crippen LogP contribution < -0.4 is 10.6 Å². The smallest absolute Gasteiger partial charge is 0.315 e. The second-order valence-electron chi connectivity index (χ2n) is 5.51. The van der Waals surface area contributed by atoms with E-state index in [-0.39, 0.29) is 12.1 Å². The first kappa shape index (κ1) is 16.1. The highest BCUT2D eigenvalue weighted by atomic mass is 16.2. The summed E-state index contributed by atoms with van der Waals surface area (Å²) in [4.78, 5) is 11.8. The van der Waals surface area contributed by atoms with Crippen LogP contribution in [0.1, 0.15) is 43.1 Å². The number of hydrogen-bond donors (Lipinski definition) is 2. The molecular formula is C17H24N4O. The molecule has 0 radical (unpaired) electrons. The lowest BCUT2D eigenvalue weighted by molar-refractivity contribution is 0.238. The number of hydrogen-bond acceptors (Lipinski definition) is 2. The third kappa shape index (κ3) is 3.47. The third-order valence-corrected chi connectivity index (χ3v) is 3.74. The summed E-state index contributed by atoms with van der Waals surface area (Å²) in [7, 11) is 0. The van der Waals surface area contributed by atoms with E-state index in [2.05, 4.69) is 28.7 Å². The van der Waals surface area contributed by atoms with Crippen molar-refractivity contribution in [3.05, 3.63) is 47.3 Å². The molecular weight excluding hydrogens is 276 g/mol. The maximum Gasteiger partial charge on any atom is 0.315 e. The second kappa shape index (κ2) is 7.11. The van der Waals surface area contributed by atoms with E-state index in [0.29, 0.717) is 6.54 Å². The zero-order chi connectivity index (χ0) is 16.1. The van der Waals surface area contributed by atoms with E-state index < -0.39 is 0 Å². The van der Waals surface area contributed by atoms with Gasteiger partial charge in [-0.25, -0.2) is 9.48 Å². The number of rotatable bonds is 5. The van der Waals surface area contributed by atoms with Gasteiger partial charge in [0, 0.05) is 17.8 Å². The molecule has 0 fully saturated rings. The number of amides is 2. The minimum Gasteiger partial charge on any atom is -0.338 e. The first-order valence-corrected chi connectivity index (χ1v) is 7.69. The normalized spacial score (nSPS) is 12.0. The molecule has 2 aromatic rings. The summed E-state index contributed by atoms with van der Waals surface area (Å²) < 4.78 is 1.92. The molecule has 2 rings (SSSR count). The number of aromatic nitrogens is 2. The Morgan fingerprint density at radius 1 is 1.32 bits per heavy atom. The van der Waals surface area contributed by atoms with Gasteiger partial charge in [-0.15, -0.1) is 0 Å². The van der Waals surface area contributed by atoms with Crippen LogP contribution in [0.15, 0.2) is 30.5 Å². The van der Waals surface area contributed by atoms with Crippen LogP contribution in [0.4, 0.5) is 4.79 Å². The largest absolute Gasteiger partial charge is 0.338 e. The van der Waals surface area contributed by atoms with Crippen molar-refractivity contribution < 1.29 is 4.79 Å². The molecule has 1 heterocycles. The molecule has 0 aliphatic heterocycles. The molecule has 5 nitrogen and oxygen atoms in total. The highest BCUT2D eigenvalue weighted by Crippen LogP contribution is 2.21. The summed E-state index contributed by atoms with van der Waals surface area (Å²) >= 11 is 0. The second-order valence-corrected chi connectivity index (χ2v) is 5.51. The zero-order valence-electron chi connectivity index (χ0n) is 13.7. The van der Waals surface area contributed by atoms with E-state index in [1.807, 2.05) is 49.8 Å². The summed E-state index contributed by atoms with van der Waals surface area (Å²) in [5.74, 6) is 0. The highest BCUT2D eigenvalue weighted by Gasteiger charge is 2.16. The van der Waals surface area contributed by atoms with Crippen LogP contribution >= 0.6 is 0 Å². The van der Waals surface area contributed by atoms with E-state index in [1.54, 1.807) is 0 Å². The Labute approximate surface area is 131 Å². The number of aryl methyl sites for hydroxylation is 1. The minimum atomic E-state index is -0.141. The van der Waals surface area contributed by atoms with Crippen LogP contribution in [-0.2, 0) is 0 Å². The average molecular weight is 300 g/mol. The standard InChI is InChI=1S/C17H24N4O/c1-5-10-18-17(22)20-13(3)15-11-19-21(14(15)4)16-9-7-6-8-12(16)2/h6-9,11,13H,5,10H2,1-4H3,(H2,18,20,22)/t13-/m1/s1. The Balaban J connectivity index is 2.17. The monoisotopic (exact) mass is 300 g/mol. The Kier molecular flexibility index (Phi) is 5.20. The molecule has 2 N–H and O–H groups in total. The third-order valence-electron chi connectivity index (χ3n) is 3.74. The first-order valence-electron chi connectivity index (χ1n) is 7.69. The van der Waals surface area contributed by atoms with Gasteiger partial charge in [0.05, 0.1) is 17.9 Å². The van der Waals surface area contributed by atoms with Gasteiger partial charge in [-0.05, 0) is 38.8 Å². The van der Waals surface area contributed by atoms with Crippen molar-refractivity contribution >= 4 is 6.03 Å². The molecule has 0 bridgehead atoms. The van der Waals surface area contributed by atoms with Crippen LogP contribution in [0.2, 0.25) is 0 Å². The van der Waals surface area contributed by atoms with Gasteiger partial charge in [0.2, 0.25) is 0 Å². The Hall–Kier alpha value is -2.30. The number of carbonyl (C=O) groups excluding carboxylic acids is 1. The molecule has 2 amide bonds. The number of benzene rings is 1. The molecule has 1 aromatic carbocycles. The van der Waals surface area contributed by atoms with Crippen molar-refractivity contribution in [3.8, 4) is 5.69 Å². The summed E-state index contributed by atoms with van der Waals surface area (Å²) in [5.41, 5.74) is 4.29. The first-order chi connectivity index (χ1) is 10.5. The molecule has 0 spiro atoms. The van der Waals surface area contributed by atoms with E-state index in [0.717, 1.165) is 23.4 Å². The number of nitrogens with one attached hydrogen (secondary N) is 2. The van der Waals surface area contributed by atoms with Crippen molar-refractivity contribution in [2.24, 2.45) is 0 Å². The lowest BCUT2D eigenvalue weighted by Crippen LogP contribution is -2.37. The highest BCUT2D eigenvalue weighted by molar-refractivity contribution is 5.74. The quantitative estimate of drug-likeness (QED) is 0.890. The lowest BCUT2D eigenvalue weighted by atomic mass is 10.1. The molecule has 0 saturated heterocycles. The average Bonchev–Trinajstić information content (AvgIpc) is 2.87. The summed E-state index contributed by atoms with van der Waals surface area (Å²) in [6.45, 7) is 8.77. The van der Waals surface area contributed by atoms with Crippen molar-refractivity contribution in [3.63, 3.8) is 0 Å². The number of carbonyl (C=O) groups is 1. The SMILES string of the molecule is CCCNC(=O)N[C@H](C)c1cnn(-c2ccccc2C)c1C. The van der Waals surface area contributed by atoms with Gasteiger partial charge in [0.15, 0.2) is 0 Å². The Bertz CT molecular complexity index is 648. The molecule has 0 aliphatic carbocycles. The van der Waals surface area contributed by atoms with Gasteiger partial charge in [0.1, 0.15) is 0 Å². The summed E-state index contributed by atoms with van der Waals surface area (Å²) in [5, 5.41) is 10.3. The minimum absolute atomic E-state index is 0.0883. The van der Waals surface area contributed by atoms with Gasteiger partial charge in [-0.3, -0.25) is 0 Å². The van der Waals surface area contributed by atoms with Gasteiger partial charge in [0.25, 0.3) is 0 Å². The fourth-order valence-electron chi connectivity index (χ4n) is 2.46. The fourth-order valence-corrected chi connectivity index (χ4v) is 2.46. The van der Waals surface area contributed by atoms with Crippen LogP contribution in [0.25, 0.3) is 5.69 Å². The van der Waals surface area contributed by atoms with Crippen molar-refractivity contribution in [2.45, 2.75) is 40.2 Å². The molecule has 0 aliphatic rings. The van der Waals surface area contributed by atoms with Crippen LogP contribution in [0.3, 0.4) is 0 Å². The zero-order valence-corrected chi connectivity index (χ0v) is 13.7. The van der Waals surface area contributed by atoms with E-state index in [9.17, 15) is 4.79 Å². The summed E-state index contributed by atoms with van der Waals surface area (Å²) in [6, 6.07) is 7.90. The van der Waals surface area contributed by atoms with Gasteiger partial charge in [-0.1, -0.05) is 25.1 Å². The van der Waals surface area contributed by atoms with Gasteiger partial charge in [-0.2, -0.15) is 5.10 Å². The predicted octanol–water partition coefficient (Wildman–Crippen LogP) is 3.26. The maximum absolute atomic E-state index is 11.8. The van der Waals surface area contributed by atoms with E-state index in [4.69, 9.17) is 0 Å². The number of urea groups is 1. The van der Waals surface area contributed by atoms with E-state index >= 15 is 0 Å². The molecule has 5 heteroatoms. The topological polar surface area (TPSA) is 59.0 Å². The molecule has 22 heavy (non-hydrogen) atoms. The lowest BCUT2D eigenvalue weighted by Gasteiger charge is -2.15. The van der Waals surface area contributed by atoms with Gasteiger partial charge < -0.3 is 10.6 Å². The van der Waals surface area contributed by atoms with Crippen molar-refractivity contribution in [2.75, 3.05) is 6.54 Å². The predicted molar refractivity (Wildman–Crippen MR) is 88.3 cm³/mol. The molecule has 0 unspecified atom stereocenters. The Morgan fingerprint density at radius 3 is 2.73 bits per heavy atom. The number of nitrogens with zero attached hydrogens (tertiary/aromatic N) is 2. The summed E-state index contributed by atoms with van der Waals surface area (Å²) in [6.07, 6.45) is 2.75. The van der Waals surface area contributed by atoms with Crippen LogP contribution in [-0.4, -0.2) is 22.4 Å². The van der Waals surface area contributed by atoms with Gasteiger partial charge >= 0.3 is 6.03 Å². The van der Waals surface area contributed by atoms with Crippen molar-refractivity contribution in [1.82, 2.24) is 20.4 Å². The molecule has 1 atom stereocenters. The fraction of sp³-hybridized carbons (Fsp3) is 0.412. The molecule has 118 valence electrons. The Morgan fingerprint density at radius 2 is 2.05 bits per heavy atom. The van der Waals surface area contributed by atoms with Crippen LogP contribution in [0.5, 0.6) is 0 Å². The number of para-hydroxylation sites is 1. The maximum atomic E-state index is 11.8. The molecule has 0 saturated carbocycles.